The van der Waals surface area contributed by atoms with Crippen molar-refractivity contribution >= 4 is 21.7 Å². The predicted molar refractivity (Wildman–Crippen MR) is 102 cm³/mol. The summed E-state index contributed by atoms with van der Waals surface area (Å²) in [5.74, 6) is -0.390. The number of rotatable bonds is 2. The number of nitrogens with zero attached hydrogens (tertiary/aromatic N) is 1. The van der Waals surface area contributed by atoms with Gasteiger partial charge in [-0.15, -0.1) is 0 Å². The second-order valence-corrected chi connectivity index (χ2v) is 8.25. The van der Waals surface area contributed by atoms with E-state index in [0.717, 1.165) is 11.1 Å². The molecule has 27 heavy (non-hydrogen) atoms. The van der Waals surface area contributed by atoms with Crippen LogP contribution in [0.1, 0.15) is 21.5 Å². The first kappa shape index (κ1) is 17.4. The third-order valence-corrected chi connectivity index (χ3v) is 5.92. The highest BCUT2D eigenvalue weighted by molar-refractivity contribution is 7.90. The number of carbonyl (C=O) groups excluding carboxylic acids is 1. The van der Waals surface area contributed by atoms with E-state index in [4.69, 9.17) is 4.74 Å². The number of benzene rings is 2. The zero-order valence-electron chi connectivity index (χ0n) is 14.6. The first-order valence-electron chi connectivity index (χ1n) is 8.48. The van der Waals surface area contributed by atoms with Gasteiger partial charge in [-0.2, -0.15) is 12.8 Å². The molecule has 1 aliphatic carbocycles. The van der Waals surface area contributed by atoms with E-state index in [2.05, 4.69) is 4.40 Å². The minimum atomic E-state index is -3.80. The largest absolute Gasteiger partial charge is 0.447 e. The normalized spacial score (nSPS) is 21.1. The Bertz CT molecular complexity index is 1090. The molecule has 2 aromatic rings. The van der Waals surface area contributed by atoms with Crippen molar-refractivity contribution in [3.63, 3.8) is 0 Å². The first-order chi connectivity index (χ1) is 12.9. The summed E-state index contributed by atoms with van der Waals surface area (Å²) in [7, 11) is -3.80. The Labute approximate surface area is 157 Å². The average Bonchev–Trinajstić information content (AvgIpc) is 2.64. The zero-order valence-corrected chi connectivity index (χ0v) is 15.4. The smallest absolute Gasteiger partial charge is 0.339 e. The molecule has 0 saturated heterocycles. The summed E-state index contributed by atoms with van der Waals surface area (Å²) in [5, 5.41) is 0. The molecule has 0 aromatic heterocycles. The Hall–Kier alpha value is -2.99. The predicted octanol–water partition coefficient (Wildman–Crippen LogP) is 3.40. The Kier molecular flexibility index (Phi) is 4.08. The fraction of sp³-hybridized carbons (Fsp3) is 0.143. The van der Waals surface area contributed by atoms with Crippen LogP contribution in [0.3, 0.4) is 0 Å². The Morgan fingerprint density at radius 2 is 1.67 bits per heavy atom. The van der Waals surface area contributed by atoms with Crippen molar-refractivity contribution in [3.8, 4) is 0 Å². The van der Waals surface area contributed by atoms with Gasteiger partial charge >= 0.3 is 5.97 Å². The van der Waals surface area contributed by atoms with E-state index in [-0.39, 0.29) is 16.6 Å². The van der Waals surface area contributed by atoms with E-state index < -0.39 is 15.6 Å². The van der Waals surface area contributed by atoms with Crippen LogP contribution in [0, 0.1) is 6.92 Å². The van der Waals surface area contributed by atoms with Gasteiger partial charge in [0.25, 0.3) is 10.0 Å². The van der Waals surface area contributed by atoms with Crippen molar-refractivity contribution in [1.82, 2.24) is 0 Å². The molecule has 0 N–H and O–H groups in total. The topological polar surface area (TPSA) is 72.8 Å². The number of sulfonamides is 1. The van der Waals surface area contributed by atoms with Crippen LogP contribution < -0.4 is 0 Å². The third kappa shape index (κ3) is 3.36. The van der Waals surface area contributed by atoms with Crippen LogP contribution in [-0.2, 0) is 21.2 Å². The Balaban J connectivity index is 1.61. The van der Waals surface area contributed by atoms with Crippen molar-refractivity contribution < 1.29 is 17.9 Å². The molecule has 4 rings (SSSR count). The molecule has 0 bridgehead atoms. The summed E-state index contributed by atoms with van der Waals surface area (Å²) in [4.78, 5) is 12.4. The van der Waals surface area contributed by atoms with Crippen molar-refractivity contribution in [3.05, 3.63) is 89.5 Å². The number of allylic oxidation sites excluding steroid dienone is 2. The maximum absolute atomic E-state index is 12.5. The molecule has 1 aliphatic heterocycles. The number of ether oxygens (including phenoxy) is 1. The quantitative estimate of drug-likeness (QED) is 0.750. The fourth-order valence-electron chi connectivity index (χ4n) is 3.15. The lowest BCUT2D eigenvalue weighted by atomic mass is 9.85. The summed E-state index contributed by atoms with van der Waals surface area (Å²) in [6.07, 6.45) is 7.02. The van der Waals surface area contributed by atoms with Crippen LogP contribution in [-0.4, -0.2) is 25.7 Å². The lowest BCUT2D eigenvalue weighted by Gasteiger charge is -2.34. The summed E-state index contributed by atoms with van der Waals surface area (Å²) in [6.45, 7) is 1.89. The molecule has 0 radical (unpaired) electrons. The van der Waals surface area contributed by atoms with E-state index >= 15 is 0 Å². The minimum absolute atomic E-state index is 0.140. The van der Waals surface area contributed by atoms with Gasteiger partial charge in [0.05, 0.1) is 16.2 Å². The molecule has 1 spiro atoms. The van der Waals surface area contributed by atoms with E-state index in [1.165, 1.54) is 12.1 Å². The average molecular weight is 379 g/mol. The Morgan fingerprint density at radius 1 is 1.00 bits per heavy atom. The molecule has 0 saturated carbocycles. The van der Waals surface area contributed by atoms with E-state index in [1.54, 1.807) is 48.6 Å². The van der Waals surface area contributed by atoms with Crippen LogP contribution in [0.2, 0.25) is 0 Å². The minimum Gasteiger partial charge on any atom is -0.447 e. The van der Waals surface area contributed by atoms with E-state index in [0.29, 0.717) is 12.0 Å². The number of aryl methyl sites for hydroxylation is 1. The fourth-order valence-corrected chi connectivity index (χ4v) is 4.13. The highest BCUT2D eigenvalue weighted by atomic mass is 32.2. The molecular weight excluding hydrogens is 362 g/mol. The van der Waals surface area contributed by atoms with Crippen molar-refractivity contribution in [2.75, 3.05) is 0 Å². The highest BCUT2D eigenvalue weighted by Gasteiger charge is 2.37. The number of hydrogen-bond acceptors (Lipinski definition) is 4. The first-order valence-corrected chi connectivity index (χ1v) is 9.92. The maximum Gasteiger partial charge on any atom is 0.339 e. The third-order valence-electron chi connectivity index (χ3n) is 4.60. The summed E-state index contributed by atoms with van der Waals surface area (Å²) < 4.78 is 34.4. The van der Waals surface area contributed by atoms with Crippen LogP contribution in [0.5, 0.6) is 0 Å². The molecule has 136 valence electrons. The van der Waals surface area contributed by atoms with Gasteiger partial charge in [-0.25, -0.2) is 4.79 Å². The number of fused-ring (bicyclic) bond motifs is 1. The number of hydrogen-bond donors (Lipinski definition) is 0. The van der Waals surface area contributed by atoms with Gasteiger partial charge in [0.15, 0.2) is 5.60 Å². The monoisotopic (exact) mass is 379 g/mol. The number of carbonyl (C=O) groups is 1. The molecule has 2 aliphatic rings. The lowest BCUT2D eigenvalue weighted by molar-refractivity contribution is 0.0156. The molecule has 0 atom stereocenters. The van der Waals surface area contributed by atoms with Crippen molar-refractivity contribution in [2.24, 2.45) is 4.40 Å². The van der Waals surface area contributed by atoms with Gasteiger partial charge in [-0.3, -0.25) is 0 Å². The second kappa shape index (κ2) is 6.32. The SMILES string of the molecule is Cc1ccc(S(=O)(=O)N=C2C=CC3(C=C2)Cc2ccccc2C(=O)O3)cc1. The van der Waals surface area contributed by atoms with Crippen molar-refractivity contribution in [1.29, 1.82) is 0 Å². The molecule has 0 fully saturated rings. The Morgan fingerprint density at radius 3 is 2.37 bits per heavy atom. The molecule has 6 heteroatoms. The van der Waals surface area contributed by atoms with Gasteiger partial charge in [0.2, 0.25) is 0 Å². The molecular formula is C21H17NO4S. The van der Waals surface area contributed by atoms with Gasteiger partial charge in [-0.1, -0.05) is 35.9 Å². The molecule has 2 aromatic carbocycles. The summed E-state index contributed by atoms with van der Waals surface area (Å²) in [5.41, 5.74) is 1.82. The number of esters is 1. The van der Waals surface area contributed by atoms with Gasteiger partial charge in [-0.05, 0) is 55.0 Å². The van der Waals surface area contributed by atoms with Gasteiger partial charge < -0.3 is 4.74 Å². The summed E-state index contributed by atoms with van der Waals surface area (Å²) >= 11 is 0. The zero-order chi connectivity index (χ0) is 19.1. The lowest BCUT2D eigenvalue weighted by Crippen LogP contribution is -2.39. The summed E-state index contributed by atoms with van der Waals surface area (Å²) in [6, 6.07) is 13.8. The second-order valence-electron chi connectivity index (χ2n) is 6.65. The molecule has 0 amide bonds. The molecule has 5 nitrogen and oxygen atoms in total. The van der Waals surface area contributed by atoms with Crippen molar-refractivity contribution in [2.45, 2.75) is 23.8 Å². The van der Waals surface area contributed by atoms with Crippen LogP contribution >= 0.6 is 0 Å². The molecule has 1 heterocycles. The van der Waals surface area contributed by atoms with Gasteiger partial charge in [0.1, 0.15) is 0 Å². The standard InChI is InChI=1S/C21H17NO4S/c1-15-6-8-18(9-7-15)27(24,25)22-17-10-12-21(13-11-17)14-16-4-2-3-5-19(16)20(23)26-21/h2-13H,14H2,1H3. The van der Waals surface area contributed by atoms with Crippen LogP contribution in [0.4, 0.5) is 0 Å². The van der Waals surface area contributed by atoms with Crippen LogP contribution in [0.25, 0.3) is 0 Å². The van der Waals surface area contributed by atoms with E-state index in [1.807, 2.05) is 19.1 Å². The van der Waals surface area contributed by atoms with E-state index in [9.17, 15) is 13.2 Å². The van der Waals surface area contributed by atoms with Gasteiger partial charge in [0, 0.05) is 6.42 Å². The van der Waals surface area contributed by atoms with Crippen LogP contribution in [0.15, 0.2) is 82.1 Å². The maximum atomic E-state index is 12.5. The molecule has 0 unspecified atom stereocenters. The highest BCUT2D eigenvalue weighted by Crippen LogP contribution is 2.32.